The molecule has 2 nitrogen and oxygen atoms in total. The summed E-state index contributed by atoms with van der Waals surface area (Å²) in [7, 11) is 0. The van der Waals surface area contributed by atoms with Gasteiger partial charge < -0.3 is 10.0 Å². The summed E-state index contributed by atoms with van der Waals surface area (Å²) in [5, 5.41) is 11.8. The Morgan fingerprint density at radius 1 is 1.00 bits per heavy atom. The average Bonchev–Trinajstić information content (AvgIpc) is 2.50. The van der Waals surface area contributed by atoms with Crippen molar-refractivity contribution in [3.63, 3.8) is 0 Å². The first-order valence-electron chi connectivity index (χ1n) is 8.26. The van der Waals surface area contributed by atoms with E-state index in [1.54, 1.807) is 0 Å². The molecule has 0 aliphatic rings. The molecule has 21 heavy (non-hydrogen) atoms. The van der Waals surface area contributed by atoms with Crippen LogP contribution in [0.25, 0.3) is 0 Å². The van der Waals surface area contributed by atoms with Gasteiger partial charge in [0, 0.05) is 11.6 Å². The lowest BCUT2D eigenvalue weighted by Gasteiger charge is -2.34. The Balaban J connectivity index is 2.81. The third-order valence-electron chi connectivity index (χ3n) is 4.11. The van der Waals surface area contributed by atoms with Gasteiger partial charge in [0.25, 0.3) is 0 Å². The molecule has 0 aromatic heterocycles. The van der Waals surface area contributed by atoms with Crippen LogP contribution >= 0.6 is 11.6 Å². The van der Waals surface area contributed by atoms with Crippen LogP contribution in [0.15, 0.2) is 24.3 Å². The van der Waals surface area contributed by atoms with Crippen molar-refractivity contribution in [2.45, 2.75) is 58.5 Å². The number of rotatable bonds is 10. The fourth-order valence-corrected chi connectivity index (χ4v) is 2.70. The number of halogens is 1. The third kappa shape index (κ3) is 5.98. The van der Waals surface area contributed by atoms with Crippen molar-refractivity contribution in [1.82, 2.24) is 4.90 Å². The number of hydrogen-bond donors (Lipinski definition) is 1. The first-order valence-corrected chi connectivity index (χ1v) is 8.64. The van der Waals surface area contributed by atoms with Gasteiger partial charge in [-0.2, -0.15) is 0 Å². The van der Waals surface area contributed by atoms with E-state index in [1.807, 2.05) is 31.2 Å². The van der Waals surface area contributed by atoms with Gasteiger partial charge in [-0.1, -0.05) is 57.3 Å². The molecule has 0 saturated heterocycles. The molecule has 0 bridgehead atoms. The van der Waals surface area contributed by atoms with Gasteiger partial charge in [0.1, 0.15) is 5.60 Å². The molecule has 1 aromatic rings. The highest BCUT2D eigenvalue weighted by molar-refractivity contribution is 6.30. The molecule has 1 aromatic carbocycles. The van der Waals surface area contributed by atoms with E-state index in [0.717, 1.165) is 18.7 Å². The molecule has 1 unspecified atom stereocenters. The molecule has 0 fully saturated rings. The predicted octanol–water partition coefficient (Wildman–Crippen LogP) is 4.84. The fourth-order valence-electron chi connectivity index (χ4n) is 2.57. The maximum Gasteiger partial charge on any atom is 0.102 e. The van der Waals surface area contributed by atoms with E-state index in [-0.39, 0.29) is 0 Å². The minimum Gasteiger partial charge on any atom is -0.384 e. The van der Waals surface area contributed by atoms with E-state index in [4.69, 9.17) is 11.6 Å². The van der Waals surface area contributed by atoms with Crippen LogP contribution in [0, 0.1) is 0 Å². The summed E-state index contributed by atoms with van der Waals surface area (Å²) in [4.78, 5) is 2.41. The molecule has 120 valence electrons. The second kappa shape index (κ2) is 9.45. The summed E-state index contributed by atoms with van der Waals surface area (Å²) in [6.07, 6.45) is 5.46. The lowest BCUT2D eigenvalue weighted by molar-refractivity contribution is -0.00535. The Hall–Kier alpha value is -0.570. The lowest BCUT2D eigenvalue weighted by Crippen LogP contribution is -2.41. The molecule has 1 rings (SSSR count). The van der Waals surface area contributed by atoms with Crippen LogP contribution in [-0.4, -0.2) is 29.6 Å². The summed E-state index contributed by atoms with van der Waals surface area (Å²) in [6.45, 7) is 9.29. The van der Waals surface area contributed by atoms with Crippen molar-refractivity contribution in [2.75, 3.05) is 19.6 Å². The fraction of sp³-hybridized carbons (Fsp3) is 0.667. The molecule has 0 aliphatic heterocycles. The topological polar surface area (TPSA) is 23.5 Å². The van der Waals surface area contributed by atoms with E-state index < -0.39 is 5.60 Å². The largest absolute Gasteiger partial charge is 0.384 e. The van der Waals surface area contributed by atoms with Crippen LogP contribution in [-0.2, 0) is 5.60 Å². The van der Waals surface area contributed by atoms with Crippen molar-refractivity contribution in [3.05, 3.63) is 34.9 Å². The molecule has 3 heteroatoms. The smallest absolute Gasteiger partial charge is 0.102 e. The van der Waals surface area contributed by atoms with E-state index >= 15 is 0 Å². The number of unbranched alkanes of at least 4 members (excludes halogenated alkanes) is 2. The van der Waals surface area contributed by atoms with Crippen LogP contribution in [0.3, 0.4) is 0 Å². The van der Waals surface area contributed by atoms with Gasteiger partial charge in [0.05, 0.1) is 0 Å². The third-order valence-corrected chi connectivity index (χ3v) is 4.36. The zero-order chi connectivity index (χ0) is 15.7. The van der Waals surface area contributed by atoms with Crippen LogP contribution in [0.2, 0.25) is 5.02 Å². The summed E-state index contributed by atoms with van der Waals surface area (Å²) in [6, 6.07) is 7.62. The molecule has 0 saturated carbocycles. The van der Waals surface area contributed by atoms with Crippen molar-refractivity contribution < 1.29 is 5.11 Å². The highest BCUT2D eigenvalue weighted by Gasteiger charge is 2.29. The first kappa shape index (κ1) is 18.5. The highest BCUT2D eigenvalue weighted by Crippen LogP contribution is 2.27. The minimum absolute atomic E-state index is 0.700. The maximum atomic E-state index is 11.1. The molecule has 0 radical (unpaired) electrons. The van der Waals surface area contributed by atoms with E-state index in [0.29, 0.717) is 18.0 Å². The Labute approximate surface area is 135 Å². The monoisotopic (exact) mass is 311 g/mol. The molecule has 1 N–H and O–H groups in total. The summed E-state index contributed by atoms with van der Waals surface area (Å²) in [5.41, 5.74) is 0.180. The van der Waals surface area contributed by atoms with Gasteiger partial charge in [-0.05, 0) is 50.0 Å². The van der Waals surface area contributed by atoms with Crippen molar-refractivity contribution in [1.29, 1.82) is 0 Å². The Morgan fingerprint density at radius 3 is 1.95 bits per heavy atom. The zero-order valence-corrected chi connectivity index (χ0v) is 14.5. The molecular weight excluding hydrogens is 282 g/mol. The first-order chi connectivity index (χ1) is 10.1. The summed E-state index contributed by atoms with van der Waals surface area (Å²) < 4.78 is 0. The number of hydrogen-bond acceptors (Lipinski definition) is 2. The predicted molar refractivity (Wildman–Crippen MR) is 91.9 cm³/mol. The van der Waals surface area contributed by atoms with Crippen LogP contribution in [0.1, 0.15) is 58.4 Å². The second-order valence-electron chi connectivity index (χ2n) is 5.88. The van der Waals surface area contributed by atoms with E-state index in [1.165, 1.54) is 25.7 Å². The van der Waals surface area contributed by atoms with E-state index in [2.05, 4.69) is 18.7 Å². The van der Waals surface area contributed by atoms with Crippen LogP contribution in [0.5, 0.6) is 0 Å². The molecule has 0 spiro atoms. The summed E-state index contributed by atoms with van der Waals surface area (Å²) >= 11 is 5.96. The molecular formula is C18H30ClNO. The van der Waals surface area contributed by atoms with Gasteiger partial charge in [0.2, 0.25) is 0 Å². The van der Waals surface area contributed by atoms with Crippen molar-refractivity contribution in [2.24, 2.45) is 0 Å². The number of aliphatic hydroxyl groups is 1. The van der Waals surface area contributed by atoms with Crippen molar-refractivity contribution >= 4 is 11.6 Å². The Kier molecular flexibility index (Phi) is 8.31. The average molecular weight is 312 g/mol. The number of nitrogens with zero attached hydrogens (tertiary/aromatic N) is 1. The van der Waals surface area contributed by atoms with E-state index in [9.17, 15) is 5.11 Å². The molecule has 0 amide bonds. The van der Waals surface area contributed by atoms with Crippen molar-refractivity contribution in [3.8, 4) is 0 Å². The lowest BCUT2D eigenvalue weighted by atomic mass is 9.90. The Bertz CT molecular complexity index is 385. The molecule has 1 atom stereocenters. The zero-order valence-electron chi connectivity index (χ0n) is 13.7. The van der Waals surface area contributed by atoms with Gasteiger partial charge in [-0.15, -0.1) is 0 Å². The maximum absolute atomic E-state index is 11.1. The van der Waals surface area contributed by atoms with Gasteiger partial charge in [-0.25, -0.2) is 0 Å². The standard InChI is InChI=1S/C18H30ClNO/c1-4-7-13-20(14-8-5-2)15-18(21,6-3)16-9-11-17(19)12-10-16/h9-12,21H,4-8,13-15H2,1-3H3. The van der Waals surface area contributed by atoms with Gasteiger partial charge in [0.15, 0.2) is 0 Å². The quantitative estimate of drug-likeness (QED) is 0.668. The van der Waals surface area contributed by atoms with Gasteiger partial charge in [-0.3, -0.25) is 0 Å². The molecule has 0 heterocycles. The Morgan fingerprint density at radius 2 is 1.52 bits per heavy atom. The summed E-state index contributed by atoms with van der Waals surface area (Å²) in [5.74, 6) is 0. The van der Waals surface area contributed by atoms with Crippen LogP contribution < -0.4 is 0 Å². The second-order valence-corrected chi connectivity index (χ2v) is 6.31. The SMILES string of the molecule is CCCCN(CCCC)CC(O)(CC)c1ccc(Cl)cc1. The molecule has 0 aliphatic carbocycles. The van der Waals surface area contributed by atoms with Crippen LogP contribution in [0.4, 0.5) is 0 Å². The minimum atomic E-state index is -0.786. The number of benzene rings is 1. The highest BCUT2D eigenvalue weighted by atomic mass is 35.5. The normalized spacial score (nSPS) is 14.4. The van der Waals surface area contributed by atoms with Gasteiger partial charge >= 0.3 is 0 Å².